The predicted molar refractivity (Wildman–Crippen MR) is 65.7 cm³/mol. The molecule has 3 rings (SSSR count). The van der Waals surface area contributed by atoms with Crippen LogP contribution in [0.4, 0.5) is 0 Å². The summed E-state index contributed by atoms with van der Waals surface area (Å²) >= 11 is 0. The van der Waals surface area contributed by atoms with Crippen molar-refractivity contribution in [3.05, 3.63) is 47.5 Å². The molecule has 16 heavy (non-hydrogen) atoms. The summed E-state index contributed by atoms with van der Waals surface area (Å²) in [6.45, 7) is 2.10. The topological polar surface area (TPSA) is 17.1 Å². The molecule has 0 atom stereocenters. The Labute approximate surface area is 95.1 Å². The normalized spacial score (nSPS) is 17.3. The first-order chi connectivity index (χ1) is 7.73. The van der Waals surface area contributed by atoms with Gasteiger partial charge in [-0.3, -0.25) is 0 Å². The Balaban J connectivity index is 2.18. The Morgan fingerprint density at radius 3 is 2.50 bits per heavy atom. The number of carbonyl (C=O) groups excluding carboxylic acids is 1. The van der Waals surface area contributed by atoms with Gasteiger partial charge >= 0.3 is 0 Å². The molecule has 1 aliphatic carbocycles. The lowest BCUT2D eigenvalue weighted by molar-refractivity contribution is -0.109. The SMILES string of the molecule is Cc1ccc2ccc(C3(C=O)CC3)cc2c1. The van der Waals surface area contributed by atoms with Crippen molar-refractivity contribution < 1.29 is 4.79 Å². The first-order valence-corrected chi connectivity index (χ1v) is 5.71. The van der Waals surface area contributed by atoms with Crippen LogP contribution < -0.4 is 0 Å². The summed E-state index contributed by atoms with van der Waals surface area (Å²) < 4.78 is 0. The monoisotopic (exact) mass is 210 g/mol. The van der Waals surface area contributed by atoms with Gasteiger partial charge < -0.3 is 4.79 Å². The number of aryl methyl sites for hydroxylation is 1. The summed E-state index contributed by atoms with van der Waals surface area (Å²) in [5.41, 5.74) is 2.29. The van der Waals surface area contributed by atoms with E-state index in [4.69, 9.17) is 0 Å². The Morgan fingerprint density at radius 1 is 1.06 bits per heavy atom. The van der Waals surface area contributed by atoms with Crippen LogP contribution in [-0.4, -0.2) is 6.29 Å². The largest absolute Gasteiger partial charge is 0.302 e. The average Bonchev–Trinajstić information content (AvgIpc) is 3.09. The Bertz CT molecular complexity index is 565. The lowest BCUT2D eigenvalue weighted by Crippen LogP contribution is -2.07. The highest BCUT2D eigenvalue weighted by molar-refractivity contribution is 5.86. The van der Waals surface area contributed by atoms with Crippen LogP contribution in [0.25, 0.3) is 10.8 Å². The number of aldehydes is 1. The van der Waals surface area contributed by atoms with Crippen LogP contribution in [0.1, 0.15) is 24.0 Å². The highest BCUT2D eigenvalue weighted by atomic mass is 16.1. The van der Waals surface area contributed by atoms with Crippen LogP contribution in [0.15, 0.2) is 36.4 Å². The molecule has 0 unspecified atom stereocenters. The van der Waals surface area contributed by atoms with Crippen LogP contribution in [-0.2, 0) is 10.2 Å². The summed E-state index contributed by atoms with van der Waals surface area (Å²) in [6.07, 6.45) is 3.13. The minimum absolute atomic E-state index is 0.155. The molecule has 0 aromatic heterocycles. The van der Waals surface area contributed by atoms with Gasteiger partial charge in [0.2, 0.25) is 0 Å². The van der Waals surface area contributed by atoms with E-state index >= 15 is 0 Å². The summed E-state index contributed by atoms with van der Waals surface area (Å²) in [5, 5.41) is 2.49. The fourth-order valence-corrected chi connectivity index (χ4v) is 2.29. The third-order valence-corrected chi connectivity index (χ3v) is 3.58. The van der Waals surface area contributed by atoms with E-state index in [1.165, 1.54) is 21.9 Å². The van der Waals surface area contributed by atoms with E-state index in [-0.39, 0.29) is 5.41 Å². The van der Waals surface area contributed by atoms with Gasteiger partial charge in [0.15, 0.2) is 0 Å². The molecule has 2 aromatic carbocycles. The second-order valence-corrected chi connectivity index (χ2v) is 4.84. The maximum absolute atomic E-state index is 11.1. The minimum Gasteiger partial charge on any atom is -0.302 e. The number of rotatable bonds is 2. The van der Waals surface area contributed by atoms with Crippen LogP contribution in [0.2, 0.25) is 0 Å². The molecule has 0 heterocycles. The Kier molecular flexibility index (Phi) is 1.90. The van der Waals surface area contributed by atoms with Gasteiger partial charge in [0.1, 0.15) is 6.29 Å². The molecule has 0 aliphatic heterocycles. The third-order valence-electron chi connectivity index (χ3n) is 3.58. The minimum atomic E-state index is -0.155. The van der Waals surface area contributed by atoms with Crippen molar-refractivity contribution in [1.29, 1.82) is 0 Å². The van der Waals surface area contributed by atoms with E-state index < -0.39 is 0 Å². The number of hydrogen-bond donors (Lipinski definition) is 0. The number of fused-ring (bicyclic) bond motifs is 1. The molecule has 0 spiro atoms. The van der Waals surface area contributed by atoms with E-state index in [0.717, 1.165) is 19.1 Å². The van der Waals surface area contributed by atoms with E-state index in [0.29, 0.717) is 0 Å². The van der Waals surface area contributed by atoms with Crippen LogP contribution in [0.3, 0.4) is 0 Å². The summed E-state index contributed by atoms with van der Waals surface area (Å²) in [6, 6.07) is 12.8. The highest BCUT2D eigenvalue weighted by Crippen LogP contribution is 2.46. The highest BCUT2D eigenvalue weighted by Gasteiger charge is 2.44. The first-order valence-electron chi connectivity index (χ1n) is 5.71. The number of hydrogen-bond acceptors (Lipinski definition) is 1. The van der Waals surface area contributed by atoms with Gasteiger partial charge in [-0.2, -0.15) is 0 Å². The maximum Gasteiger partial charge on any atom is 0.130 e. The summed E-state index contributed by atoms with van der Waals surface area (Å²) in [7, 11) is 0. The molecule has 80 valence electrons. The van der Waals surface area contributed by atoms with Gasteiger partial charge in [-0.05, 0) is 36.1 Å². The summed E-state index contributed by atoms with van der Waals surface area (Å²) in [4.78, 5) is 11.1. The van der Waals surface area contributed by atoms with E-state index in [9.17, 15) is 4.79 Å². The molecule has 0 saturated heterocycles. The zero-order valence-corrected chi connectivity index (χ0v) is 9.36. The smallest absolute Gasteiger partial charge is 0.130 e. The molecular weight excluding hydrogens is 196 g/mol. The Hall–Kier alpha value is -1.63. The van der Waals surface area contributed by atoms with Crippen molar-refractivity contribution in [2.24, 2.45) is 0 Å². The molecule has 1 heteroatoms. The first kappa shape index (κ1) is 9.59. The molecule has 0 N–H and O–H groups in total. The maximum atomic E-state index is 11.1. The van der Waals surface area contributed by atoms with Gasteiger partial charge in [0.05, 0.1) is 5.41 Å². The molecule has 1 aliphatic rings. The van der Waals surface area contributed by atoms with Crippen molar-refractivity contribution in [3.63, 3.8) is 0 Å². The zero-order valence-electron chi connectivity index (χ0n) is 9.36. The summed E-state index contributed by atoms with van der Waals surface area (Å²) in [5.74, 6) is 0. The van der Waals surface area contributed by atoms with Gasteiger partial charge in [-0.1, -0.05) is 42.0 Å². The quantitative estimate of drug-likeness (QED) is 0.694. The predicted octanol–water partition coefficient (Wildman–Crippen LogP) is 3.38. The van der Waals surface area contributed by atoms with Crippen LogP contribution in [0, 0.1) is 6.92 Å². The van der Waals surface area contributed by atoms with Gasteiger partial charge in [-0.15, -0.1) is 0 Å². The molecule has 0 radical (unpaired) electrons. The fraction of sp³-hybridized carbons (Fsp3) is 0.267. The van der Waals surface area contributed by atoms with E-state index in [1.807, 2.05) is 0 Å². The molecule has 1 fully saturated rings. The van der Waals surface area contributed by atoms with E-state index in [2.05, 4.69) is 43.3 Å². The lowest BCUT2D eigenvalue weighted by Gasteiger charge is -2.09. The second kappa shape index (κ2) is 3.18. The van der Waals surface area contributed by atoms with Crippen molar-refractivity contribution >= 4 is 17.1 Å². The molecule has 0 amide bonds. The molecular formula is C15H14O. The fourth-order valence-electron chi connectivity index (χ4n) is 2.29. The zero-order chi connectivity index (χ0) is 11.2. The van der Waals surface area contributed by atoms with Crippen molar-refractivity contribution in [1.82, 2.24) is 0 Å². The number of benzene rings is 2. The molecule has 1 nitrogen and oxygen atoms in total. The van der Waals surface area contributed by atoms with Crippen molar-refractivity contribution in [3.8, 4) is 0 Å². The van der Waals surface area contributed by atoms with Gasteiger partial charge in [-0.25, -0.2) is 0 Å². The van der Waals surface area contributed by atoms with Crippen LogP contribution in [0.5, 0.6) is 0 Å². The number of carbonyl (C=O) groups is 1. The Morgan fingerprint density at radius 2 is 1.81 bits per heavy atom. The second-order valence-electron chi connectivity index (χ2n) is 4.84. The molecule has 0 bridgehead atoms. The molecule has 2 aromatic rings. The van der Waals surface area contributed by atoms with Crippen LogP contribution >= 0.6 is 0 Å². The van der Waals surface area contributed by atoms with Gasteiger partial charge in [0, 0.05) is 0 Å². The van der Waals surface area contributed by atoms with Crippen molar-refractivity contribution in [2.45, 2.75) is 25.2 Å². The van der Waals surface area contributed by atoms with E-state index in [1.54, 1.807) is 0 Å². The third kappa shape index (κ3) is 1.35. The van der Waals surface area contributed by atoms with Gasteiger partial charge in [0.25, 0.3) is 0 Å². The lowest BCUT2D eigenvalue weighted by atomic mass is 9.94. The molecule has 1 saturated carbocycles. The average molecular weight is 210 g/mol. The standard InChI is InChI=1S/C15H14O/c1-11-2-3-12-4-5-14(9-13(12)8-11)15(10-16)6-7-15/h2-5,8-10H,6-7H2,1H3. The van der Waals surface area contributed by atoms with Crippen molar-refractivity contribution in [2.75, 3.05) is 0 Å².